The van der Waals surface area contributed by atoms with E-state index >= 15 is 0 Å². The third-order valence-corrected chi connectivity index (χ3v) is 5.44. The van der Waals surface area contributed by atoms with Gasteiger partial charge in [-0.3, -0.25) is 10.0 Å². The number of hydrogen-bond acceptors (Lipinski definition) is 5. The third-order valence-electron chi connectivity index (χ3n) is 5.44. The zero-order chi connectivity index (χ0) is 23.1. The molecule has 0 fully saturated rings. The predicted molar refractivity (Wildman–Crippen MR) is 127 cm³/mol. The number of nitrogens with zero attached hydrogens (tertiary/aromatic N) is 3. The number of allylic oxidation sites excluding steroid dienone is 4. The van der Waals surface area contributed by atoms with Crippen molar-refractivity contribution in [3.8, 4) is 0 Å². The van der Waals surface area contributed by atoms with E-state index in [1.54, 1.807) is 12.4 Å². The van der Waals surface area contributed by atoms with Crippen molar-refractivity contribution >= 4 is 28.5 Å². The quantitative estimate of drug-likeness (QED) is 0.246. The molecule has 2 aromatic rings. The highest BCUT2D eigenvalue weighted by Gasteiger charge is 2.15. The van der Waals surface area contributed by atoms with Gasteiger partial charge in [-0.1, -0.05) is 19.4 Å². The van der Waals surface area contributed by atoms with Crippen molar-refractivity contribution in [1.29, 1.82) is 0 Å². The summed E-state index contributed by atoms with van der Waals surface area (Å²) in [5.74, 6) is -0.361. The molecule has 32 heavy (non-hydrogen) atoms. The largest absolute Gasteiger partial charge is 0.378 e. The molecule has 0 aliphatic heterocycles. The molecular weight excluding hydrogens is 406 g/mol. The molecule has 1 amide bonds. The number of hydroxylamine groups is 1. The van der Waals surface area contributed by atoms with Crippen LogP contribution in [0.25, 0.3) is 10.9 Å². The van der Waals surface area contributed by atoms with Crippen molar-refractivity contribution < 1.29 is 10.0 Å². The molecule has 1 aromatic heterocycles. The second-order valence-corrected chi connectivity index (χ2v) is 7.85. The summed E-state index contributed by atoms with van der Waals surface area (Å²) in [6.07, 6.45) is 8.16. The van der Waals surface area contributed by atoms with E-state index in [1.807, 2.05) is 30.3 Å². The molecule has 0 radical (unpaired) electrons. The van der Waals surface area contributed by atoms with E-state index in [2.05, 4.69) is 45.5 Å². The van der Waals surface area contributed by atoms with Gasteiger partial charge in [0.1, 0.15) is 5.69 Å². The first-order valence-corrected chi connectivity index (χ1v) is 10.7. The maximum absolute atomic E-state index is 12.8. The number of carbonyl (C=O) groups excluding carboxylic acids is 1. The van der Waals surface area contributed by atoms with Gasteiger partial charge in [-0.15, -0.1) is 5.10 Å². The summed E-state index contributed by atoms with van der Waals surface area (Å²) >= 11 is 0. The van der Waals surface area contributed by atoms with E-state index < -0.39 is 0 Å². The van der Waals surface area contributed by atoms with Crippen molar-refractivity contribution in [3.05, 3.63) is 59.1 Å². The van der Waals surface area contributed by atoms with Crippen molar-refractivity contribution in [2.75, 3.05) is 13.6 Å². The number of rotatable bonds is 8. The summed E-state index contributed by atoms with van der Waals surface area (Å²) in [7, 11) is 2.12. The maximum atomic E-state index is 12.8. The van der Waals surface area contributed by atoms with Crippen molar-refractivity contribution in [2.24, 2.45) is 15.9 Å². The van der Waals surface area contributed by atoms with Crippen molar-refractivity contribution in [1.82, 2.24) is 20.7 Å². The van der Waals surface area contributed by atoms with Crippen LogP contribution in [0.4, 0.5) is 0 Å². The lowest BCUT2D eigenvalue weighted by Crippen LogP contribution is -2.27. The van der Waals surface area contributed by atoms with Gasteiger partial charge >= 0.3 is 0 Å². The van der Waals surface area contributed by atoms with Crippen LogP contribution in [0.5, 0.6) is 0 Å². The van der Waals surface area contributed by atoms with E-state index in [4.69, 9.17) is 10.9 Å². The van der Waals surface area contributed by atoms with E-state index in [9.17, 15) is 4.79 Å². The third kappa shape index (κ3) is 5.76. The van der Waals surface area contributed by atoms with Gasteiger partial charge in [0, 0.05) is 35.9 Å². The molecule has 9 heteroatoms. The highest BCUT2D eigenvalue weighted by Crippen LogP contribution is 2.21. The van der Waals surface area contributed by atoms with Gasteiger partial charge in [-0.25, -0.2) is 5.48 Å². The van der Waals surface area contributed by atoms with Gasteiger partial charge in [0.15, 0.2) is 0 Å². The Morgan fingerprint density at radius 3 is 2.75 bits per heavy atom. The number of nitrogens with one attached hydrogen (secondary N) is 3. The van der Waals surface area contributed by atoms with Gasteiger partial charge in [0.25, 0.3) is 5.91 Å². The van der Waals surface area contributed by atoms with Gasteiger partial charge in [0.05, 0.1) is 5.71 Å². The summed E-state index contributed by atoms with van der Waals surface area (Å²) in [6.45, 7) is 5.03. The lowest BCUT2D eigenvalue weighted by atomic mass is 10.1. The minimum atomic E-state index is -0.197. The van der Waals surface area contributed by atoms with Gasteiger partial charge in [-0.2, -0.15) is 5.10 Å². The van der Waals surface area contributed by atoms with E-state index in [0.717, 1.165) is 41.5 Å². The summed E-state index contributed by atoms with van der Waals surface area (Å²) in [5.41, 5.74) is 12.1. The topological polar surface area (TPSA) is 131 Å². The minimum Gasteiger partial charge on any atom is -0.378 e. The smallest absolute Gasteiger partial charge is 0.271 e. The summed E-state index contributed by atoms with van der Waals surface area (Å²) in [6, 6.07) is 7.50. The highest BCUT2D eigenvalue weighted by atomic mass is 16.5. The summed E-state index contributed by atoms with van der Waals surface area (Å²) in [4.78, 5) is 18.2. The Hall–Kier alpha value is -3.59. The number of carbonyl (C=O) groups is 1. The Kier molecular flexibility index (Phi) is 7.67. The highest BCUT2D eigenvalue weighted by molar-refractivity contribution is 6.04. The van der Waals surface area contributed by atoms with Crippen molar-refractivity contribution in [3.63, 3.8) is 0 Å². The van der Waals surface area contributed by atoms with Crippen LogP contribution in [0.3, 0.4) is 0 Å². The molecule has 1 aliphatic carbocycles. The molecule has 1 heterocycles. The molecule has 0 unspecified atom stereocenters. The average Bonchev–Trinajstić information content (AvgIpc) is 3.24. The molecule has 3 rings (SSSR count). The standard InChI is InChI=1S/C23H31N7O2/c1-4-5-12-30(3)19-9-7-18(8-10-19)25-22(31)21-14-17-13-16(6-11-20(17)26-21)15(2)27-28-23(24)29-32/h6-7,9,11,13-14,26,32H,4-5,8,10,12H2,1-3H3,(H,25,31)(H3,24,28,29)/b27-15+. The van der Waals surface area contributed by atoms with Crippen LogP contribution in [-0.2, 0) is 0 Å². The number of fused-ring (bicyclic) bond motifs is 1. The second kappa shape index (κ2) is 10.6. The van der Waals surface area contributed by atoms with E-state index in [0.29, 0.717) is 11.4 Å². The molecule has 1 aliphatic rings. The molecule has 0 bridgehead atoms. The Labute approximate surface area is 187 Å². The predicted octanol–water partition coefficient (Wildman–Crippen LogP) is 3.21. The Morgan fingerprint density at radius 2 is 2.06 bits per heavy atom. The fourth-order valence-corrected chi connectivity index (χ4v) is 3.49. The number of aromatic nitrogens is 1. The number of guanidine groups is 1. The van der Waals surface area contributed by atoms with Crippen LogP contribution in [0.1, 0.15) is 55.6 Å². The lowest BCUT2D eigenvalue weighted by molar-refractivity contribution is 0.0960. The van der Waals surface area contributed by atoms with Crippen LogP contribution in [0, 0.1) is 0 Å². The fourth-order valence-electron chi connectivity index (χ4n) is 3.49. The maximum Gasteiger partial charge on any atom is 0.271 e. The summed E-state index contributed by atoms with van der Waals surface area (Å²) < 4.78 is 0. The molecule has 6 N–H and O–H groups in total. The molecule has 170 valence electrons. The summed E-state index contributed by atoms with van der Waals surface area (Å²) in [5, 5.41) is 20.2. The van der Waals surface area contributed by atoms with Crippen LogP contribution in [0.2, 0.25) is 0 Å². The molecule has 0 atom stereocenters. The number of H-pyrrole nitrogens is 1. The Morgan fingerprint density at radius 1 is 1.25 bits per heavy atom. The van der Waals surface area contributed by atoms with Gasteiger partial charge in [-0.05, 0) is 62.1 Å². The Balaban J connectivity index is 1.70. The molecule has 0 saturated heterocycles. The van der Waals surface area contributed by atoms with Gasteiger partial charge in [0.2, 0.25) is 5.96 Å². The van der Waals surface area contributed by atoms with Gasteiger partial charge < -0.3 is 20.9 Å². The minimum absolute atomic E-state index is 0.165. The first-order chi connectivity index (χ1) is 15.4. The fraction of sp³-hybridized carbons (Fsp3) is 0.348. The van der Waals surface area contributed by atoms with Crippen LogP contribution in [-0.4, -0.2) is 46.3 Å². The zero-order valence-corrected chi connectivity index (χ0v) is 18.8. The number of amides is 1. The van der Waals surface area contributed by atoms with E-state index in [-0.39, 0.29) is 11.9 Å². The Bertz CT molecular complexity index is 1090. The average molecular weight is 438 g/mol. The van der Waals surface area contributed by atoms with E-state index in [1.165, 1.54) is 18.5 Å². The monoisotopic (exact) mass is 437 g/mol. The van der Waals surface area contributed by atoms with Crippen LogP contribution in [0.15, 0.2) is 58.0 Å². The molecule has 1 aromatic carbocycles. The number of hydrogen-bond donors (Lipinski definition) is 5. The van der Waals surface area contributed by atoms with Crippen LogP contribution >= 0.6 is 0 Å². The molecule has 0 spiro atoms. The molecule has 0 saturated carbocycles. The number of unbranched alkanes of at least 4 members (excludes halogenated alkanes) is 1. The number of nitrogens with two attached hydrogens (primary N) is 1. The lowest BCUT2D eigenvalue weighted by Gasteiger charge is -2.25. The first-order valence-electron chi connectivity index (χ1n) is 10.7. The second-order valence-electron chi connectivity index (χ2n) is 7.85. The number of benzene rings is 1. The normalized spacial score (nSPS) is 14.8. The zero-order valence-electron chi connectivity index (χ0n) is 18.8. The SMILES string of the molecule is CCCCN(C)C1=CC=C(NC(=O)c2cc3cc(/C(C)=N/N=C(N)NO)ccc3[nH]2)CC1. The molecule has 9 nitrogen and oxygen atoms in total. The molecular formula is C23H31N7O2. The van der Waals surface area contributed by atoms with Crippen molar-refractivity contribution in [2.45, 2.75) is 39.5 Å². The first kappa shape index (κ1) is 23.1. The number of aromatic amines is 1. The van der Waals surface area contributed by atoms with Crippen LogP contribution < -0.4 is 16.5 Å².